The van der Waals surface area contributed by atoms with Crippen molar-refractivity contribution in [2.24, 2.45) is 5.41 Å². The van der Waals surface area contributed by atoms with Crippen LogP contribution >= 0.6 is 0 Å². The van der Waals surface area contributed by atoms with E-state index < -0.39 is 11.5 Å². The van der Waals surface area contributed by atoms with Gasteiger partial charge < -0.3 is 19.7 Å². The fourth-order valence-electron chi connectivity index (χ4n) is 4.12. The molecule has 2 heterocycles. The molecule has 1 fully saturated rings. The Morgan fingerprint density at radius 1 is 1.32 bits per heavy atom. The van der Waals surface area contributed by atoms with E-state index in [0.717, 1.165) is 36.4 Å². The standard InChI is InChI=1S/C21H31N3O4/c1-27-12-3-8-21(16-25)15-23(11-7-20(21)26)14-17-13-18(28-2)5-6-19(17)24-10-4-9-22-24/h4-6,9-10,13,20,25-26H,3,7-8,11-12,14-16H2,1-2H3/t20-,21+/m1/s1. The van der Waals surface area contributed by atoms with E-state index in [-0.39, 0.29) is 6.61 Å². The number of hydrogen-bond donors (Lipinski definition) is 2. The van der Waals surface area contributed by atoms with Crippen LogP contribution in [0.25, 0.3) is 5.69 Å². The van der Waals surface area contributed by atoms with Crippen LogP contribution in [0.5, 0.6) is 5.75 Å². The van der Waals surface area contributed by atoms with Gasteiger partial charge in [0.15, 0.2) is 0 Å². The zero-order valence-electron chi connectivity index (χ0n) is 16.8. The Morgan fingerprint density at radius 2 is 2.18 bits per heavy atom. The second-order valence-electron chi connectivity index (χ2n) is 7.58. The minimum Gasteiger partial charge on any atom is -0.497 e. The molecule has 0 radical (unpaired) electrons. The van der Waals surface area contributed by atoms with E-state index in [4.69, 9.17) is 9.47 Å². The van der Waals surface area contributed by atoms with Gasteiger partial charge in [-0.05, 0) is 49.1 Å². The number of nitrogens with zero attached hydrogens (tertiary/aromatic N) is 3. The summed E-state index contributed by atoms with van der Waals surface area (Å²) in [6.07, 6.45) is 5.39. The van der Waals surface area contributed by atoms with Crippen molar-refractivity contribution in [1.82, 2.24) is 14.7 Å². The number of hydrogen-bond acceptors (Lipinski definition) is 6. The maximum atomic E-state index is 10.6. The van der Waals surface area contributed by atoms with Gasteiger partial charge in [-0.1, -0.05) is 0 Å². The van der Waals surface area contributed by atoms with E-state index in [1.54, 1.807) is 20.4 Å². The highest BCUT2D eigenvalue weighted by Crippen LogP contribution is 2.36. The molecule has 1 aromatic carbocycles. The molecule has 2 atom stereocenters. The number of aliphatic hydroxyl groups excluding tert-OH is 2. The third-order valence-corrected chi connectivity index (χ3v) is 5.73. The monoisotopic (exact) mass is 389 g/mol. The van der Waals surface area contributed by atoms with E-state index in [2.05, 4.69) is 10.00 Å². The summed E-state index contributed by atoms with van der Waals surface area (Å²) in [7, 11) is 3.34. The quantitative estimate of drug-likeness (QED) is 0.637. The Balaban J connectivity index is 1.81. The second kappa shape index (κ2) is 9.52. The number of piperidine rings is 1. The SMILES string of the molecule is COCCC[C@@]1(CO)CN(Cc2cc(OC)ccc2-n2cccn2)CC[C@H]1O. The Labute approximate surface area is 166 Å². The lowest BCUT2D eigenvalue weighted by molar-refractivity contribution is -0.0843. The van der Waals surface area contributed by atoms with Crippen molar-refractivity contribution in [3.05, 3.63) is 42.2 Å². The molecule has 1 saturated heterocycles. The van der Waals surface area contributed by atoms with Crippen LogP contribution in [0.2, 0.25) is 0 Å². The summed E-state index contributed by atoms with van der Waals surface area (Å²) in [5, 5.41) is 25.1. The number of aliphatic hydroxyl groups is 2. The normalized spacial score (nSPS) is 23.1. The van der Waals surface area contributed by atoms with Gasteiger partial charge in [-0.15, -0.1) is 0 Å². The lowest BCUT2D eigenvalue weighted by atomic mass is 9.74. The maximum absolute atomic E-state index is 10.6. The number of likely N-dealkylation sites (tertiary alicyclic amines) is 1. The summed E-state index contributed by atoms with van der Waals surface area (Å²) in [5.74, 6) is 0.802. The van der Waals surface area contributed by atoms with Gasteiger partial charge in [0.2, 0.25) is 0 Å². The first kappa shape index (κ1) is 20.8. The molecule has 154 valence electrons. The number of benzene rings is 1. The van der Waals surface area contributed by atoms with Crippen LogP contribution in [0, 0.1) is 5.41 Å². The Morgan fingerprint density at radius 3 is 2.86 bits per heavy atom. The molecule has 0 unspecified atom stereocenters. The van der Waals surface area contributed by atoms with Gasteiger partial charge in [0.1, 0.15) is 5.75 Å². The van der Waals surface area contributed by atoms with Crippen LogP contribution in [-0.2, 0) is 11.3 Å². The topological polar surface area (TPSA) is 80.0 Å². The van der Waals surface area contributed by atoms with Crippen molar-refractivity contribution < 1.29 is 19.7 Å². The largest absolute Gasteiger partial charge is 0.497 e. The smallest absolute Gasteiger partial charge is 0.119 e. The average Bonchev–Trinajstić information content (AvgIpc) is 3.25. The highest BCUT2D eigenvalue weighted by molar-refractivity contribution is 5.45. The Kier molecular flexibility index (Phi) is 7.07. The fourth-order valence-corrected chi connectivity index (χ4v) is 4.12. The van der Waals surface area contributed by atoms with Gasteiger partial charge in [-0.2, -0.15) is 5.10 Å². The highest BCUT2D eigenvalue weighted by atomic mass is 16.5. The molecule has 0 aliphatic carbocycles. The van der Waals surface area contributed by atoms with Crippen molar-refractivity contribution in [3.8, 4) is 11.4 Å². The third-order valence-electron chi connectivity index (χ3n) is 5.73. The van der Waals surface area contributed by atoms with E-state index >= 15 is 0 Å². The maximum Gasteiger partial charge on any atom is 0.119 e. The minimum atomic E-state index is -0.512. The highest BCUT2D eigenvalue weighted by Gasteiger charge is 2.41. The van der Waals surface area contributed by atoms with Gasteiger partial charge >= 0.3 is 0 Å². The van der Waals surface area contributed by atoms with E-state index in [9.17, 15) is 10.2 Å². The van der Waals surface area contributed by atoms with Gasteiger partial charge in [-0.25, -0.2) is 4.68 Å². The average molecular weight is 389 g/mol. The molecule has 7 heteroatoms. The molecule has 28 heavy (non-hydrogen) atoms. The number of aromatic nitrogens is 2. The number of ether oxygens (including phenoxy) is 2. The number of methoxy groups -OCH3 is 2. The third kappa shape index (κ3) is 4.55. The predicted molar refractivity (Wildman–Crippen MR) is 107 cm³/mol. The summed E-state index contributed by atoms with van der Waals surface area (Å²) in [6.45, 7) is 2.73. The van der Waals surface area contributed by atoms with Crippen LogP contribution in [0.3, 0.4) is 0 Å². The second-order valence-corrected chi connectivity index (χ2v) is 7.58. The van der Waals surface area contributed by atoms with Crippen molar-refractivity contribution in [1.29, 1.82) is 0 Å². The predicted octanol–water partition coefficient (Wildman–Crippen LogP) is 1.85. The zero-order chi connectivity index (χ0) is 20.0. The molecule has 1 aromatic heterocycles. The van der Waals surface area contributed by atoms with Gasteiger partial charge in [-0.3, -0.25) is 4.90 Å². The van der Waals surface area contributed by atoms with Gasteiger partial charge in [0, 0.05) is 51.2 Å². The molecule has 1 aliphatic heterocycles. The fraction of sp³-hybridized carbons (Fsp3) is 0.571. The lowest BCUT2D eigenvalue weighted by Crippen LogP contribution is -2.53. The van der Waals surface area contributed by atoms with Crippen LogP contribution in [0.1, 0.15) is 24.8 Å². The number of rotatable bonds is 9. The summed E-state index contributed by atoms with van der Waals surface area (Å²) >= 11 is 0. The zero-order valence-corrected chi connectivity index (χ0v) is 16.8. The molecule has 1 aliphatic rings. The summed E-state index contributed by atoms with van der Waals surface area (Å²) in [5.41, 5.74) is 1.59. The van der Waals surface area contributed by atoms with Crippen molar-refractivity contribution >= 4 is 0 Å². The minimum absolute atomic E-state index is 0.0293. The van der Waals surface area contributed by atoms with Crippen LogP contribution in [0.15, 0.2) is 36.7 Å². The molecule has 3 rings (SSSR count). The first-order valence-corrected chi connectivity index (χ1v) is 9.79. The van der Waals surface area contributed by atoms with Crippen LogP contribution in [-0.4, -0.2) is 71.5 Å². The molecular weight excluding hydrogens is 358 g/mol. The molecule has 2 N–H and O–H groups in total. The van der Waals surface area contributed by atoms with Gasteiger partial charge in [0.05, 0.1) is 25.5 Å². The van der Waals surface area contributed by atoms with E-state index in [0.29, 0.717) is 26.1 Å². The van der Waals surface area contributed by atoms with Crippen LogP contribution in [0.4, 0.5) is 0 Å². The van der Waals surface area contributed by atoms with Crippen LogP contribution < -0.4 is 4.74 Å². The molecule has 0 spiro atoms. The van der Waals surface area contributed by atoms with Crippen molar-refractivity contribution in [2.75, 3.05) is 40.5 Å². The summed E-state index contributed by atoms with van der Waals surface area (Å²) < 4.78 is 12.4. The Bertz CT molecular complexity index is 737. The van der Waals surface area contributed by atoms with E-state index in [1.165, 1.54) is 0 Å². The summed E-state index contributed by atoms with van der Waals surface area (Å²) in [6, 6.07) is 7.88. The Hall–Kier alpha value is -1.93. The molecule has 0 bridgehead atoms. The molecule has 0 amide bonds. The molecule has 2 aromatic rings. The molecule has 0 saturated carbocycles. The summed E-state index contributed by atoms with van der Waals surface area (Å²) in [4.78, 5) is 2.30. The van der Waals surface area contributed by atoms with E-state index in [1.807, 2.05) is 35.1 Å². The van der Waals surface area contributed by atoms with Crippen molar-refractivity contribution in [3.63, 3.8) is 0 Å². The van der Waals surface area contributed by atoms with Gasteiger partial charge in [0.25, 0.3) is 0 Å². The first-order valence-electron chi connectivity index (χ1n) is 9.79. The first-order chi connectivity index (χ1) is 13.6. The molecular formula is C21H31N3O4. The van der Waals surface area contributed by atoms with Crippen molar-refractivity contribution in [2.45, 2.75) is 31.9 Å². The molecule has 7 nitrogen and oxygen atoms in total. The lowest BCUT2D eigenvalue weighted by Gasteiger charge is -2.45.